The molecule has 0 saturated carbocycles. The van der Waals surface area contributed by atoms with E-state index in [1.54, 1.807) is 18.2 Å². The molecule has 1 amide bonds. The van der Waals surface area contributed by atoms with E-state index < -0.39 is 5.82 Å². The molecule has 0 aliphatic carbocycles. The summed E-state index contributed by atoms with van der Waals surface area (Å²) in [5.74, 6) is 0.191. The molecular weight excluding hydrogens is 525 g/mol. The van der Waals surface area contributed by atoms with Crippen LogP contribution in [0.1, 0.15) is 19.3 Å². The average molecular weight is 556 g/mol. The Bertz CT molecular complexity index is 1330. The number of hydrogen-bond acceptors (Lipinski definition) is 8. The van der Waals surface area contributed by atoms with Crippen molar-refractivity contribution in [3.05, 3.63) is 59.7 Å². The van der Waals surface area contributed by atoms with Gasteiger partial charge < -0.3 is 24.8 Å². The van der Waals surface area contributed by atoms with Gasteiger partial charge in [0.2, 0.25) is 5.91 Å². The molecule has 2 N–H and O–H groups in total. The van der Waals surface area contributed by atoms with Crippen molar-refractivity contribution in [3.8, 4) is 5.75 Å². The molecule has 1 aromatic heterocycles. The largest absolute Gasteiger partial charge is 0.486 e. The zero-order valence-electron chi connectivity index (χ0n) is 21.5. The summed E-state index contributed by atoms with van der Waals surface area (Å²) < 4.78 is 31.0. The molecule has 3 heterocycles. The highest BCUT2D eigenvalue weighted by molar-refractivity contribution is 6.31. The van der Waals surface area contributed by atoms with E-state index in [0.717, 1.165) is 39.0 Å². The van der Waals surface area contributed by atoms with Gasteiger partial charge in [-0.05, 0) is 43.5 Å². The number of carbonyl (C=O) groups is 1. The molecular formula is C28H31ClFN5O4. The summed E-state index contributed by atoms with van der Waals surface area (Å²) in [4.78, 5) is 24.0. The van der Waals surface area contributed by atoms with Gasteiger partial charge >= 0.3 is 0 Å². The second-order valence-corrected chi connectivity index (χ2v) is 9.86. The normalized spacial score (nSPS) is 18.7. The second-order valence-electron chi connectivity index (χ2n) is 9.46. The smallest absolute Gasteiger partial charge is 0.248 e. The molecule has 2 fully saturated rings. The van der Waals surface area contributed by atoms with Gasteiger partial charge in [-0.3, -0.25) is 9.69 Å². The topological polar surface area (TPSA) is 97.8 Å². The number of hydrogen-bond donors (Lipinski definition) is 2. The van der Waals surface area contributed by atoms with E-state index in [0.29, 0.717) is 60.2 Å². The molecule has 206 valence electrons. The molecule has 2 aromatic carbocycles. The van der Waals surface area contributed by atoms with Gasteiger partial charge in [-0.25, -0.2) is 14.4 Å². The maximum Gasteiger partial charge on any atom is 0.248 e. The highest BCUT2D eigenvalue weighted by Gasteiger charge is 2.20. The highest BCUT2D eigenvalue weighted by atomic mass is 35.5. The number of halogens is 2. The fourth-order valence-electron chi connectivity index (χ4n) is 4.54. The van der Waals surface area contributed by atoms with Crippen LogP contribution in [0, 0.1) is 5.82 Å². The SMILES string of the molecule is O=C(C=CCN1CCCOCC1)Nc1cc2c(Nc3ccc(F)c(Cl)c3)ncnc2cc1OC1CCCOC1. The Morgan fingerprint density at radius 1 is 1.15 bits per heavy atom. The van der Waals surface area contributed by atoms with Gasteiger partial charge in [0.15, 0.2) is 0 Å². The van der Waals surface area contributed by atoms with Crippen LogP contribution in [0.4, 0.5) is 21.6 Å². The number of benzene rings is 2. The summed E-state index contributed by atoms with van der Waals surface area (Å²) in [6, 6.07) is 7.89. The molecule has 0 radical (unpaired) electrons. The zero-order chi connectivity index (χ0) is 27.0. The number of carbonyl (C=O) groups excluding carboxylic acids is 1. The van der Waals surface area contributed by atoms with E-state index in [4.69, 9.17) is 25.8 Å². The predicted octanol–water partition coefficient (Wildman–Crippen LogP) is 4.94. The molecule has 5 rings (SSSR count). The van der Waals surface area contributed by atoms with Crippen molar-refractivity contribution in [3.63, 3.8) is 0 Å². The van der Waals surface area contributed by atoms with Crippen molar-refractivity contribution < 1.29 is 23.4 Å². The Balaban J connectivity index is 1.39. The Hall–Kier alpha value is -3.31. The van der Waals surface area contributed by atoms with Crippen molar-refractivity contribution in [2.75, 3.05) is 56.7 Å². The van der Waals surface area contributed by atoms with Crippen molar-refractivity contribution >= 4 is 45.6 Å². The van der Waals surface area contributed by atoms with Crippen LogP contribution in [0.5, 0.6) is 5.75 Å². The van der Waals surface area contributed by atoms with Crippen LogP contribution < -0.4 is 15.4 Å². The van der Waals surface area contributed by atoms with Gasteiger partial charge in [0.05, 0.1) is 29.4 Å². The van der Waals surface area contributed by atoms with E-state index in [-0.39, 0.29) is 17.0 Å². The van der Waals surface area contributed by atoms with E-state index in [1.165, 1.54) is 24.5 Å². The van der Waals surface area contributed by atoms with Crippen LogP contribution in [-0.4, -0.2) is 72.9 Å². The Morgan fingerprint density at radius 3 is 2.90 bits per heavy atom. The number of nitrogens with one attached hydrogen (secondary N) is 2. The third-order valence-electron chi connectivity index (χ3n) is 6.54. The fraction of sp³-hybridized carbons (Fsp3) is 0.393. The number of rotatable bonds is 8. The van der Waals surface area contributed by atoms with Crippen LogP contribution in [-0.2, 0) is 14.3 Å². The lowest BCUT2D eigenvalue weighted by molar-refractivity contribution is -0.111. The lowest BCUT2D eigenvalue weighted by Gasteiger charge is -2.25. The summed E-state index contributed by atoms with van der Waals surface area (Å²) in [6.45, 7) is 5.11. The van der Waals surface area contributed by atoms with Gasteiger partial charge in [0.25, 0.3) is 0 Å². The van der Waals surface area contributed by atoms with E-state index in [9.17, 15) is 9.18 Å². The zero-order valence-corrected chi connectivity index (χ0v) is 22.3. The number of anilines is 3. The lowest BCUT2D eigenvalue weighted by atomic mass is 10.1. The standard InChI is InChI=1S/C28H31ClFN5O4/c29-22-14-19(6-7-23(22)30)33-28-21-15-25(34-27(36)5-1-8-35-9-3-12-37-13-10-35)26(16-24(21)31-18-32-28)39-20-4-2-11-38-17-20/h1,5-7,14-16,18,20H,2-4,8-13,17H2,(H,34,36)(H,31,32,33). The quantitative estimate of drug-likeness (QED) is 0.377. The fourth-order valence-corrected chi connectivity index (χ4v) is 4.72. The van der Waals surface area contributed by atoms with Gasteiger partial charge in [0.1, 0.15) is 29.8 Å². The molecule has 9 nitrogen and oxygen atoms in total. The number of nitrogens with zero attached hydrogens (tertiary/aromatic N) is 3. The monoisotopic (exact) mass is 555 g/mol. The number of fused-ring (bicyclic) bond motifs is 1. The summed E-state index contributed by atoms with van der Waals surface area (Å²) >= 11 is 5.96. The third-order valence-corrected chi connectivity index (χ3v) is 6.83. The van der Waals surface area contributed by atoms with Crippen molar-refractivity contribution in [2.24, 2.45) is 0 Å². The van der Waals surface area contributed by atoms with Crippen molar-refractivity contribution in [2.45, 2.75) is 25.4 Å². The minimum atomic E-state index is -0.509. The second kappa shape index (κ2) is 13.2. The predicted molar refractivity (Wildman–Crippen MR) is 148 cm³/mol. The molecule has 3 aromatic rings. The summed E-state index contributed by atoms with van der Waals surface area (Å²) in [5, 5.41) is 6.77. The Labute approximate surface area is 231 Å². The number of amides is 1. The molecule has 2 saturated heterocycles. The van der Waals surface area contributed by atoms with Crippen LogP contribution in [0.3, 0.4) is 0 Å². The number of aromatic nitrogens is 2. The maximum absolute atomic E-state index is 13.7. The summed E-state index contributed by atoms with van der Waals surface area (Å²) in [6.07, 6.45) is 7.42. The Morgan fingerprint density at radius 2 is 2.05 bits per heavy atom. The minimum Gasteiger partial charge on any atom is -0.486 e. The van der Waals surface area contributed by atoms with E-state index in [1.807, 2.05) is 6.08 Å². The van der Waals surface area contributed by atoms with Gasteiger partial charge in [-0.2, -0.15) is 0 Å². The summed E-state index contributed by atoms with van der Waals surface area (Å²) in [5.41, 5.74) is 1.67. The molecule has 1 atom stereocenters. The van der Waals surface area contributed by atoms with Gasteiger partial charge in [-0.1, -0.05) is 17.7 Å². The first-order valence-electron chi connectivity index (χ1n) is 13.1. The molecule has 2 aliphatic rings. The van der Waals surface area contributed by atoms with Crippen LogP contribution in [0.15, 0.2) is 48.8 Å². The van der Waals surface area contributed by atoms with Gasteiger partial charge in [-0.15, -0.1) is 0 Å². The van der Waals surface area contributed by atoms with Crippen LogP contribution >= 0.6 is 11.6 Å². The van der Waals surface area contributed by atoms with Gasteiger partial charge in [0, 0.05) is 56.1 Å². The first kappa shape index (κ1) is 27.3. The first-order valence-corrected chi connectivity index (χ1v) is 13.5. The molecule has 39 heavy (non-hydrogen) atoms. The number of ether oxygens (including phenoxy) is 3. The average Bonchev–Trinajstić information content (AvgIpc) is 3.21. The van der Waals surface area contributed by atoms with Crippen LogP contribution in [0.25, 0.3) is 10.9 Å². The maximum atomic E-state index is 13.7. The van der Waals surface area contributed by atoms with E-state index >= 15 is 0 Å². The minimum absolute atomic E-state index is 0.00353. The third kappa shape index (κ3) is 7.42. The molecule has 11 heteroatoms. The lowest BCUT2D eigenvalue weighted by Crippen LogP contribution is -2.28. The van der Waals surface area contributed by atoms with Crippen molar-refractivity contribution in [1.29, 1.82) is 0 Å². The summed E-state index contributed by atoms with van der Waals surface area (Å²) in [7, 11) is 0. The van der Waals surface area contributed by atoms with E-state index in [2.05, 4.69) is 25.5 Å². The molecule has 0 bridgehead atoms. The van der Waals surface area contributed by atoms with Crippen LogP contribution in [0.2, 0.25) is 5.02 Å². The molecule has 1 unspecified atom stereocenters. The molecule has 0 spiro atoms. The highest BCUT2D eigenvalue weighted by Crippen LogP contribution is 2.35. The first-order chi connectivity index (χ1) is 19.0. The van der Waals surface area contributed by atoms with Crippen molar-refractivity contribution in [1.82, 2.24) is 14.9 Å². The molecule has 2 aliphatic heterocycles. The Kier molecular flexibility index (Phi) is 9.20.